The Kier molecular flexibility index (Phi) is 8.61. The molecule has 22 heavy (non-hydrogen) atoms. The van der Waals surface area contributed by atoms with Gasteiger partial charge in [0, 0.05) is 25.2 Å². The van der Waals surface area contributed by atoms with E-state index in [2.05, 4.69) is 32.6 Å². The van der Waals surface area contributed by atoms with Crippen LogP contribution in [0.1, 0.15) is 33.3 Å². The Hall–Kier alpha value is -0.970. The van der Waals surface area contributed by atoms with Gasteiger partial charge in [0.15, 0.2) is 0 Å². The molecule has 1 aromatic carbocycles. The summed E-state index contributed by atoms with van der Waals surface area (Å²) in [7, 11) is 0. The van der Waals surface area contributed by atoms with Gasteiger partial charge in [-0.05, 0) is 17.9 Å². The van der Waals surface area contributed by atoms with Gasteiger partial charge in [-0.25, -0.2) is 4.39 Å². The minimum absolute atomic E-state index is 0.193. The lowest BCUT2D eigenvalue weighted by Gasteiger charge is -2.28. The molecule has 4 heteroatoms. The second-order valence-corrected chi connectivity index (χ2v) is 6.77. The molecule has 1 atom stereocenters. The number of hydrogen-bond donors (Lipinski definition) is 1. The van der Waals surface area contributed by atoms with Gasteiger partial charge in [0.2, 0.25) is 0 Å². The largest absolute Gasteiger partial charge is 0.389 e. The zero-order valence-electron chi connectivity index (χ0n) is 14.3. The van der Waals surface area contributed by atoms with Gasteiger partial charge in [-0.1, -0.05) is 45.9 Å². The molecule has 1 aromatic rings. The van der Waals surface area contributed by atoms with Crippen LogP contribution in [0.4, 0.5) is 4.39 Å². The molecule has 0 aliphatic heterocycles. The summed E-state index contributed by atoms with van der Waals surface area (Å²) in [5.41, 5.74) is 0.524. The van der Waals surface area contributed by atoms with Crippen molar-refractivity contribution in [2.45, 2.75) is 40.4 Å². The minimum Gasteiger partial charge on any atom is -0.389 e. The number of rotatable bonds is 10. The van der Waals surface area contributed by atoms with E-state index < -0.39 is 6.10 Å². The van der Waals surface area contributed by atoms with E-state index in [0.29, 0.717) is 23.9 Å². The van der Waals surface area contributed by atoms with Crippen molar-refractivity contribution in [3.05, 3.63) is 35.6 Å². The third-order valence-electron chi connectivity index (χ3n) is 3.24. The number of halogens is 1. The Morgan fingerprint density at radius 2 is 1.64 bits per heavy atom. The van der Waals surface area contributed by atoms with Crippen LogP contribution >= 0.6 is 0 Å². The molecule has 0 aromatic heterocycles. The Labute approximate surface area is 134 Å². The average Bonchev–Trinajstić information content (AvgIpc) is 2.39. The number of hydrogen-bond acceptors (Lipinski definition) is 3. The first-order valence-corrected chi connectivity index (χ1v) is 8.10. The Bertz CT molecular complexity index is 413. The molecule has 3 nitrogen and oxygen atoms in total. The van der Waals surface area contributed by atoms with Crippen LogP contribution in [0.5, 0.6) is 0 Å². The van der Waals surface area contributed by atoms with Gasteiger partial charge in [-0.15, -0.1) is 0 Å². The Morgan fingerprint density at radius 3 is 2.18 bits per heavy atom. The first-order valence-electron chi connectivity index (χ1n) is 8.10. The predicted molar refractivity (Wildman–Crippen MR) is 88.2 cm³/mol. The summed E-state index contributed by atoms with van der Waals surface area (Å²) in [6, 6.07) is 6.56. The van der Waals surface area contributed by atoms with E-state index in [9.17, 15) is 9.50 Å². The molecule has 1 rings (SSSR count). The van der Waals surface area contributed by atoms with Crippen molar-refractivity contribution in [3.8, 4) is 0 Å². The van der Waals surface area contributed by atoms with Crippen LogP contribution in [0.2, 0.25) is 0 Å². The molecule has 1 unspecified atom stereocenters. The highest BCUT2D eigenvalue weighted by atomic mass is 19.1. The summed E-state index contributed by atoms with van der Waals surface area (Å²) in [6.45, 7) is 11.6. The fourth-order valence-electron chi connectivity index (χ4n) is 2.53. The van der Waals surface area contributed by atoms with Crippen LogP contribution in [0.25, 0.3) is 0 Å². The number of benzene rings is 1. The van der Waals surface area contributed by atoms with Crippen molar-refractivity contribution in [2.75, 3.05) is 26.2 Å². The van der Waals surface area contributed by atoms with Gasteiger partial charge in [0.1, 0.15) is 5.82 Å². The van der Waals surface area contributed by atoms with E-state index in [4.69, 9.17) is 4.74 Å². The van der Waals surface area contributed by atoms with Crippen molar-refractivity contribution in [3.63, 3.8) is 0 Å². The molecule has 0 bridgehead atoms. The summed E-state index contributed by atoms with van der Waals surface area (Å²) in [4.78, 5) is 2.27. The van der Waals surface area contributed by atoms with E-state index in [1.54, 1.807) is 18.2 Å². The van der Waals surface area contributed by atoms with Crippen LogP contribution in [-0.4, -0.2) is 42.4 Å². The second-order valence-electron chi connectivity index (χ2n) is 6.77. The molecule has 0 saturated carbocycles. The van der Waals surface area contributed by atoms with Crippen molar-refractivity contribution in [1.82, 2.24) is 4.90 Å². The lowest BCUT2D eigenvalue weighted by Crippen LogP contribution is -2.39. The highest BCUT2D eigenvalue weighted by molar-refractivity contribution is 5.16. The maximum absolute atomic E-state index is 13.5. The number of aliphatic hydroxyl groups excluding tert-OH is 1. The monoisotopic (exact) mass is 311 g/mol. The summed E-state index contributed by atoms with van der Waals surface area (Å²) in [5.74, 6) is 0.855. The van der Waals surface area contributed by atoms with Gasteiger partial charge in [-0.2, -0.15) is 0 Å². The lowest BCUT2D eigenvalue weighted by molar-refractivity contribution is 0.00572. The SMILES string of the molecule is CC(C)CN(CC(C)C)CC(O)COCc1ccccc1F. The summed E-state index contributed by atoms with van der Waals surface area (Å²) in [6.07, 6.45) is -0.552. The third kappa shape index (κ3) is 7.87. The maximum atomic E-state index is 13.5. The van der Waals surface area contributed by atoms with E-state index in [1.807, 2.05) is 0 Å². The highest BCUT2D eigenvalue weighted by Crippen LogP contribution is 2.09. The fourth-order valence-corrected chi connectivity index (χ4v) is 2.53. The topological polar surface area (TPSA) is 32.7 Å². The van der Waals surface area contributed by atoms with Gasteiger partial charge in [0.05, 0.1) is 19.3 Å². The fraction of sp³-hybridized carbons (Fsp3) is 0.667. The van der Waals surface area contributed by atoms with Crippen molar-refractivity contribution in [2.24, 2.45) is 11.8 Å². The molecule has 0 aliphatic rings. The van der Waals surface area contributed by atoms with Crippen LogP contribution < -0.4 is 0 Å². The van der Waals surface area contributed by atoms with E-state index in [-0.39, 0.29) is 19.0 Å². The standard InChI is InChI=1S/C18H30FNO2/c1-14(2)9-20(10-15(3)4)11-17(21)13-22-12-16-7-5-6-8-18(16)19/h5-8,14-15,17,21H,9-13H2,1-4H3. The highest BCUT2D eigenvalue weighted by Gasteiger charge is 2.15. The minimum atomic E-state index is -0.552. The number of aliphatic hydroxyl groups is 1. The molecule has 0 spiro atoms. The molecule has 0 saturated heterocycles. The molecule has 0 heterocycles. The summed E-state index contributed by atoms with van der Waals surface area (Å²) >= 11 is 0. The third-order valence-corrected chi connectivity index (χ3v) is 3.24. The molecule has 1 N–H and O–H groups in total. The predicted octanol–water partition coefficient (Wildman–Crippen LogP) is 3.32. The van der Waals surface area contributed by atoms with Crippen molar-refractivity contribution >= 4 is 0 Å². The number of nitrogens with zero attached hydrogens (tertiary/aromatic N) is 1. The van der Waals surface area contributed by atoms with Crippen molar-refractivity contribution in [1.29, 1.82) is 0 Å². The Morgan fingerprint density at radius 1 is 1.05 bits per heavy atom. The average molecular weight is 311 g/mol. The zero-order valence-corrected chi connectivity index (χ0v) is 14.3. The summed E-state index contributed by atoms with van der Waals surface area (Å²) < 4.78 is 18.9. The maximum Gasteiger partial charge on any atom is 0.128 e. The first-order chi connectivity index (χ1) is 10.4. The van der Waals surface area contributed by atoms with Crippen molar-refractivity contribution < 1.29 is 14.2 Å². The molecular formula is C18H30FNO2. The van der Waals surface area contributed by atoms with E-state index in [0.717, 1.165) is 13.1 Å². The molecule has 0 radical (unpaired) electrons. The van der Waals surface area contributed by atoms with Crippen LogP contribution in [0.15, 0.2) is 24.3 Å². The Balaban J connectivity index is 2.36. The van der Waals surface area contributed by atoms with Crippen LogP contribution in [0, 0.1) is 17.7 Å². The summed E-state index contributed by atoms with van der Waals surface area (Å²) in [5, 5.41) is 10.1. The zero-order chi connectivity index (χ0) is 16.5. The van der Waals surface area contributed by atoms with E-state index >= 15 is 0 Å². The van der Waals surface area contributed by atoms with Gasteiger partial charge >= 0.3 is 0 Å². The first kappa shape index (κ1) is 19.1. The lowest BCUT2D eigenvalue weighted by atomic mass is 10.1. The van der Waals surface area contributed by atoms with Crippen LogP contribution in [0.3, 0.4) is 0 Å². The van der Waals surface area contributed by atoms with Gasteiger partial charge in [0.25, 0.3) is 0 Å². The van der Waals surface area contributed by atoms with E-state index in [1.165, 1.54) is 6.07 Å². The normalized spacial score (nSPS) is 13.3. The second kappa shape index (κ2) is 9.93. The molecular weight excluding hydrogens is 281 g/mol. The van der Waals surface area contributed by atoms with Gasteiger partial charge < -0.3 is 14.7 Å². The number of ether oxygens (including phenoxy) is 1. The molecule has 0 aliphatic carbocycles. The smallest absolute Gasteiger partial charge is 0.128 e. The van der Waals surface area contributed by atoms with Gasteiger partial charge in [-0.3, -0.25) is 0 Å². The molecule has 0 fully saturated rings. The molecule has 0 amide bonds. The molecule has 126 valence electrons. The quantitative estimate of drug-likeness (QED) is 0.719. The van der Waals surface area contributed by atoms with Crippen LogP contribution in [-0.2, 0) is 11.3 Å².